The predicted molar refractivity (Wildman–Crippen MR) is 74.2 cm³/mol. The minimum absolute atomic E-state index is 0.0422. The first kappa shape index (κ1) is 14.6. The maximum absolute atomic E-state index is 11.8. The van der Waals surface area contributed by atoms with Crippen LogP contribution in [-0.2, 0) is 6.42 Å². The highest BCUT2D eigenvalue weighted by Gasteiger charge is 2.13. The highest BCUT2D eigenvalue weighted by atomic mass is 16.5. The van der Waals surface area contributed by atoms with Gasteiger partial charge in [-0.15, -0.1) is 0 Å². The molecule has 1 aromatic carbocycles. The van der Waals surface area contributed by atoms with E-state index in [0.29, 0.717) is 0 Å². The number of hydrogen-bond acceptors (Lipinski definition) is 2. The first-order valence-electron chi connectivity index (χ1n) is 6.62. The van der Waals surface area contributed by atoms with Gasteiger partial charge in [-0.1, -0.05) is 32.3 Å². The molecule has 3 nitrogen and oxygen atoms in total. The Bertz CT molecular complexity index is 388. The molecule has 0 aromatic heterocycles. The lowest BCUT2D eigenvalue weighted by Crippen LogP contribution is -2.20. The van der Waals surface area contributed by atoms with Crippen molar-refractivity contribution in [1.29, 1.82) is 0 Å². The smallest absolute Gasteiger partial charge is 0.251 e. The fourth-order valence-electron chi connectivity index (χ4n) is 2.09. The number of hydrogen-bond donors (Lipinski definition) is 1. The highest BCUT2D eigenvalue weighted by Crippen LogP contribution is 2.24. The van der Waals surface area contributed by atoms with E-state index in [2.05, 4.69) is 12.2 Å². The molecule has 1 rings (SSSR count). The molecule has 0 radical (unpaired) electrons. The zero-order chi connectivity index (χ0) is 13.4. The summed E-state index contributed by atoms with van der Waals surface area (Å²) in [6.45, 7) is 2.19. The topological polar surface area (TPSA) is 38.3 Å². The van der Waals surface area contributed by atoms with Crippen LogP contribution in [-0.4, -0.2) is 20.1 Å². The summed E-state index contributed by atoms with van der Waals surface area (Å²) in [6, 6.07) is 5.64. The molecule has 0 unspecified atom stereocenters. The van der Waals surface area contributed by atoms with Crippen LogP contribution in [0.1, 0.15) is 48.5 Å². The molecule has 0 aliphatic rings. The van der Waals surface area contributed by atoms with Crippen LogP contribution in [0.2, 0.25) is 0 Å². The number of methoxy groups -OCH3 is 1. The van der Waals surface area contributed by atoms with Crippen molar-refractivity contribution >= 4 is 5.91 Å². The van der Waals surface area contributed by atoms with Gasteiger partial charge < -0.3 is 10.1 Å². The van der Waals surface area contributed by atoms with Crippen LogP contribution < -0.4 is 10.1 Å². The Kier molecular flexibility index (Phi) is 6.26. The lowest BCUT2D eigenvalue weighted by molar-refractivity contribution is 0.0961. The van der Waals surface area contributed by atoms with Gasteiger partial charge in [0.1, 0.15) is 5.75 Å². The summed E-state index contributed by atoms with van der Waals surface area (Å²) < 4.78 is 5.36. The van der Waals surface area contributed by atoms with Crippen LogP contribution >= 0.6 is 0 Å². The van der Waals surface area contributed by atoms with E-state index in [-0.39, 0.29) is 5.91 Å². The van der Waals surface area contributed by atoms with Crippen molar-refractivity contribution in [3.63, 3.8) is 0 Å². The average molecular weight is 249 g/mol. The van der Waals surface area contributed by atoms with Crippen LogP contribution in [0.25, 0.3) is 0 Å². The molecule has 0 bridgehead atoms. The van der Waals surface area contributed by atoms with Crippen LogP contribution in [0.3, 0.4) is 0 Å². The molecule has 18 heavy (non-hydrogen) atoms. The monoisotopic (exact) mass is 249 g/mol. The summed E-state index contributed by atoms with van der Waals surface area (Å²) in [4.78, 5) is 11.8. The van der Waals surface area contributed by atoms with Gasteiger partial charge in [-0.3, -0.25) is 4.79 Å². The molecule has 0 aliphatic heterocycles. The van der Waals surface area contributed by atoms with Crippen LogP contribution in [0, 0.1) is 0 Å². The normalized spacial score (nSPS) is 10.2. The number of amides is 1. The Morgan fingerprint density at radius 1 is 1.28 bits per heavy atom. The Labute approximate surface area is 110 Å². The van der Waals surface area contributed by atoms with Gasteiger partial charge in [-0.2, -0.15) is 0 Å². The second kappa shape index (κ2) is 7.75. The number of unbranched alkanes of at least 4 members (excludes halogenated alkanes) is 3. The molecule has 0 spiro atoms. The summed E-state index contributed by atoms with van der Waals surface area (Å²) in [7, 11) is 3.31. The Morgan fingerprint density at radius 2 is 2.06 bits per heavy atom. The van der Waals surface area contributed by atoms with Gasteiger partial charge >= 0.3 is 0 Å². The van der Waals surface area contributed by atoms with E-state index in [1.54, 1.807) is 14.2 Å². The maximum atomic E-state index is 11.8. The number of rotatable bonds is 7. The van der Waals surface area contributed by atoms with E-state index in [4.69, 9.17) is 4.74 Å². The molecule has 0 fully saturated rings. The maximum Gasteiger partial charge on any atom is 0.251 e. The average Bonchev–Trinajstić information content (AvgIpc) is 2.42. The van der Waals surface area contributed by atoms with Gasteiger partial charge in [0.15, 0.2) is 0 Å². The Morgan fingerprint density at radius 3 is 2.67 bits per heavy atom. The van der Waals surface area contributed by atoms with Crippen molar-refractivity contribution in [2.45, 2.75) is 39.0 Å². The van der Waals surface area contributed by atoms with Gasteiger partial charge in [0.2, 0.25) is 0 Å². The molecule has 0 heterocycles. The summed E-state index contributed by atoms with van der Waals surface area (Å²) in [5, 5.41) is 2.68. The SMILES string of the molecule is CCCCCCc1c(OC)cccc1C(=O)NC. The largest absolute Gasteiger partial charge is 0.496 e. The lowest BCUT2D eigenvalue weighted by Gasteiger charge is -2.13. The van der Waals surface area contributed by atoms with Crippen molar-refractivity contribution in [2.24, 2.45) is 0 Å². The van der Waals surface area contributed by atoms with Crippen LogP contribution in [0.4, 0.5) is 0 Å². The van der Waals surface area contributed by atoms with Crippen LogP contribution in [0.5, 0.6) is 5.75 Å². The van der Waals surface area contributed by atoms with Crippen molar-refractivity contribution in [3.05, 3.63) is 29.3 Å². The molecule has 0 atom stereocenters. The Balaban J connectivity index is 2.86. The second-order valence-corrected chi connectivity index (χ2v) is 4.38. The fraction of sp³-hybridized carbons (Fsp3) is 0.533. The summed E-state index contributed by atoms with van der Waals surface area (Å²) in [6.07, 6.45) is 5.64. The molecular weight excluding hydrogens is 226 g/mol. The van der Waals surface area contributed by atoms with Crippen molar-refractivity contribution in [1.82, 2.24) is 5.32 Å². The molecule has 1 N–H and O–H groups in total. The van der Waals surface area contributed by atoms with E-state index in [1.165, 1.54) is 19.3 Å². The van der Waals surface area contributed by atoms with Crippen molar-refractivity contribution in [2.75, 3.05) is 14.2 Å². The van der Waals surface area contributed by atoms with E-state index in [1.807, 2.05) is 18.2 Å². The molecule has 3 heteroatoms. The first-order valence-corrected chi connectivity index (χ1v) is 6.62. The Hall–Kier alpha value is -1.51. The molecule has 1 amide bonds. The van der Waals surface area contributed by atoms with Gasteiger partial charge in [0.25, 0.3) is 5.91 Å². The molecule has 1 aromatic rings. The zero-order valence-corrected chi connectivity index (χ0v) is 11.6. The van der Waals surface area contributed by atoms with Gasteiger partial charge in [-0.05, 0) is 25.0 Å². The van der Waals surface area contributed by atoms with Crippen molar-refractivity contribution < 1.29 is 9.53 Å². The third-order valence-electron chi connectivity index (χ3n) is 3.10. The number of benzene rings is 1. The standard InChI is InChI=1S/C15H23NO2/c1-4-5-6-7-9-12-13(15(17)16-2)10-8-11-14(12)18-3/h8,10-11H,4-7,9H2,1-3H3,(H,16,17). The predicted octanol–water partition coefficient (Wildman–Crippen LogP) is 3.18. The molecule has 0 saturated carbocycles. The van der Waals surface area contributed by atoms with Crippen molar-refractivity contribution in [3.8, 4) is 5.75 Å². The summed E-state index contributed by atoms with van der Waals surface area (Å²) in [5.74, 6) is 0.770. The van der Waals surface area contributed by atoms with Crippen LogP contribution in [0.15, 0.2) is 18.2 Å². The number of nitrogens with one attached hydrogen (secondary N) is 1. The van der Waals surface area contributed by atoms with E-state index < -0.39 is 0 Å². The number of carbonyl (C=O) groups is 1. The van der Waals surface area contributed by atoms with Gasteiger partial charge in [-0.25, -0.2) is 0 Å². The first-order chi connectivity index (χ1) is 8.74. The molecule has 0 aliphatic carbocycles. The third kappa shape index (κ3) is 3.76. The van der Waals surface area contributed by atoms with Gasteiger partial charge in [0.05, 0.1) is 7.11 Å². The minimum atomic E-state index is -0.0422. The van der Waals surface area contributed by atoms with Gasteiger partial charge in [0, 0.05) is 18.2 Å². The molecular formula is C15H23NO2. The quantitative estimate of drug-likeness (QED) is 0.754. The molecule has 0 saturated heterocycles. The lowest BCUT2D eigenvalue weighted by atomic mass is 9.99. The second-order valence-electron chi connectivity index (χ2n) is 4.38. The molecule has 100 valence electrons. The number of carbonyl (C=O) groups excluding carboxylic acids is 1. The van der Waals surface area contributed by atoms with E-state index in [0.717, 1.165) is 29.7 Å². The summed E-state index contributed by atoms with van der Waals surface area (Å²) >= 11 is 0. The third-order valence-corrected chi connectivity index (χ3v) is 3.10. The minimum Gasteiger partial charge on any atom is -0.496 e. The number of ether oxygens (including phenoxy) is 1. The van der Waals surface area contributed by atoms with E-state index in [9.17, 15) is 4.79 Å². The fourth-order valence-corrected chi connectivity index (χ4v) is 2.09. The summed E-state index contributed by atoms with van der Waals surface area (Å²) in [5.41, 5.74) is 1.75. The highest BCUT2D eigenvalue weighted by molar-refractivity contribution is 5.96. The van der Waals surface area contributed by atoms with E-state index >= 15 is 0 Å². The zero-order valence-electron chi connectivity index (χ0n) is 11.6.